The van der Waals surface area contributed by atoms with E-state index in [9.17, 15) is 4.79 Å². The van der Waals surface area contributed by atoms with Crippen LogP contribution in [0.3, 0.4) is 0 Å². The Hall–Kier alpha value is -1.55. The topological polar surface area (TPSA) is 64.3 Å². The fourth-order valence-electron chi connectivity index (χ4n) is 1.69. The number of benzene rings is 1. The molecule has 1 aromatic rings. The maximum Gasteiger partial charge on any atom is 0.274 e. The van der Waals surface area contributed by atoms with Gasteiger partial charge in [0.1, 0.15) is 5.75 Å². The van der Waals surface area contributed by atoms with E-state index in [0.29, 0.717) is 18.1 Å². The smallest absolute Gasteiger partial charge is 0.274 e. The van der Waals surface area contributed by atoms with Gasteiger partial charge in [0.15, 0.2) is 6.10 Å². The summed E-state index contributed by atoms with van der Waals surface area (Å²) in [5.41, 5.74) is 3.39. The first kappa shape index (κ1) is 14.5. The van der Waals surface area contributed by atoms with Gasteiger partial charge in [0.05, 0.1) is 0 Å². The molecule has 0 aliphatic heterocycles. The SMILES string of the molecule is CCC(Oc1ccc(C(C)CC)cc1)C(=O)NN. The summed E-state index contributed by atoms with van der Waals surface area (Å²) in [6.07, 6.45) is 1.15. The monoisotopic (exact) mass is 250 g/mol. The van der Waals surface area contributed by atoms with Crippen molar-refractivity contribution < 1.29 is 9.53 Å². The summed E-state index contributed by atoms with van der Waals surface area (Å²) in [5, 5.41) is 0. The molecule has 0 aromatic heterocycles. The van der Waals surface area contributed by atoms with Crippen LogP contribution in [0.5, 0.6) is 5.75 Å². The zero-order valence-electron chi connectivity index (χ0n) is 11.3. The molecule has 18 heavy (non-hydrogen) atoms. The van der Waals surface area contributed by atoms with Crippen LogP contribution in [0.1, 0.15) is 45.1 Å². The second-order valence-corrected chi connectivity index (χ2v) is 4.40. The Balaban J connectivity index is 2.70. The number of nitrogens with one attached hydrogen (secondary N) is 1. The van der Waals surface area contributed by atoms with Gasteiger partial charge in [-0.25, -0.2) is 5.84 Å². The van der Waals surface area contributed by atoms with Crippen molar-refractivity contribution in [2.75, 3.05) is 0 Å². The highest BCUT2D eigenvalue weighted by Crippen LogP contribution is 2.22. The number of rotatable bonds is 6. The zero-order chi connectivity index (χ0) is 13.5. The number of carbonyl (C=O) groups is 1. The van der Waals surface area contributed by atoms with Gasteiger partial charge in [-0.3, -0.25) is 10.2 Å². The van der Waals surface area contributed by atoms with Gasteiger partial charge in [-0.05, 0) is 36.5 Å². The minimum atomic E-state index is -0.538. The molecule has 0 radical (unpaired) electrons. The molecule has 2 atom stereocenters. The Kier molecular flexibility index (Phi) is 5.65. The highest BCUT2D eigenvalue weighted by molar-refractivity contribution is 5.80. The molecule has 0 aliphatic carbocycles. The van der Waals surface area contributed by atoms with E-state index in [-0.39, 0.29) is 5.91 Å². The lowest BCUT2D eigenvalue weighted by Gasteiger charge is -2.16. The Morgan fingerprint density at radius 3 is 2.33 bits per heavy atom. The number of hydrogen-bond acceptors (Lipinski definition) is 3. The summed E-state index contributed by atoms with van der Waals surface area (Å²) < 4.78 is 5.59. The van der Waals surface area contributed by atoms with E-state index >= 15 is 0 Å². The van der Waals surface area contributed by atoms with Crippen LogP contribution >= 0.6 is 0 Å². The first-order valence-electron chi connectivity index (χ1n) is 6.39. The Morgan fingerprint density at radius 2 is 1.89 bits per heavy atom. The van der Waals surface area contributed by atoms with Crippen LogP contribution in [0.25, 0.3) is 0 Å². The predicted octanol–water partition coefficient (Wildman–Crippen LogP) is 2.35. The minimum Gasteiger partial charge on any atom is -0.481 e. The summed E-state index contributed by atoms with van der Waals surface area (Å²) in [5.74, 6) is 6.03. The number of ether oxygens (including phenoxy) is 1. The molecule has 0 bridgehead atoms. The summed E-state index contributed by atoms with van der Waals surface area (Å²) in [7, 11) is 0. The lowest BCUT2D eigenvalue weighted by atomic mass is 9.99. The Morgan fingerprint density at radius 1 is 1.28 bits per heavy atom. The van der Waals surface area contributed by atoms with Crippen LogP contribution < -0.4 is 16.0 Å². The van der Waals surface area contributed by atoms with E-state index in [4.69, 9.17) is 10.6 Å². The molecule has 0 heterocycles. The number of carbonyl (C=O) groups excluding carboxylic acids is 1. The highest BCUT2D eigenvalue weighted by atomic mass is 16.5. The zero-order valence-corrected chi connectivity index (χ0v) is 11.3. The number of hydrazine groups is 1. The first-order valence-corrected chi connectivity index (χ1v) is 6.39. The highest BCUT2D eigenvalue weighted by Gasteiger charge is 2.16. The molecule has 0 spiro atoms. The maximum absolute atomic E-state index is 11.4. The number of hydrogen-bond donors (Lipinski definition) is 2. The van der Waals surface area contributed by atoms with E-state index < -0.39 is 6.10 Å². The third-order valence-corrected chi connectivity index (χ3v) is 3.15. The lowest BCUT2D eigenvalue weighted by molar-refractivity contribution is -0.128. The lowest BCUT2D eigenvalue weighted by Crippen LogP contribution is -2.41. The molecule has 1 amide bonds. The Labute approximate surface area is 108 Å². The van der Waals surface area contributed by atoms with Crippen molar-refractivity contribution in [2.45, 2.75) is 45.6 Å². The fourth-order valence-corrected chi connectivity index (χ4v) is 1.69. The van der Waals surface area contributed by atoms with E-state index in [1.165, 1.54) is 5.56 Å². The van der Waals surface area contributed by atoms with Gasteiger partial charge >= 0.3 is 0 Å². The van der Waals surface area contributed by atoms with Crippen LogP contribution in [0.2, 0.25) is 0 Å². The van der Waals surface area contributed by atoms with Gasteiger partial charge in [0.2, 0.25) is 0 Å². The second kappa shape index (κ2) is 7.01. The van der Waals surface area contributed by atoms with Crippen molar-refractivity contribution in [3.8, 4) is 5.75 Å². The number of nitrogens with two attached hydrogens (primary N) is 1. The van der Waals surface area contributed by atoms with E-state index in [2.05, 4.69) is 19.3 Å². The van der Waals surface area contributed by atoms with Gasteiger partial charge < -0.3 is 4.74 Å². The molecule has 0 saturated carbocycles. The van der Waals surface area contributed by atoms with Crippen molar-refractivity contribution in [2.24, 2.45) is 5.84 Å². The normalized spacial score (nSPS) is 13.8. The van der Waals surface area contributed by atoms with E-state index in [1.54, 1.807) is 0 Å². The first-order chi connectivity index (χ1) is 8.62. The van der Waals surface area contributed by atoms with Crippen LogP contribution in [0.4, 0.5) is 0 Å². The van der Waals surface area contributed by atoms with Gasteiger partial charge in [0, 0.05) is 0 Å². The average molecular weight is 250 g/mol. The third kappa shape index (κ3) is 3.74. The second-order valence-electron chi connectivity index (χ2n) is 4.40. The van der Waals surface area contributed by atoms with Crippen LogP contribution in [-0.2, 0) is 4.79 Å². The quantitative estimate of drug-likeness (QED) is 0.463. The van der Waals surface area contributed by atoms with Crippen LogP contribution in [-0.4, -0.2) is 12.0 Å². The molecular formula is C14H22N2O2. The van der Waals surface area contributed by atoms with Crippen molar-refractivity contribution in [1.82, 2.24) is 5.43 Å². The van der Waals surface area contributed by atoms with Crippen molar-refractivity contribution in [1.29, 1.82) is 0 Å². The van der Waals surface area contributed by atoms with Gasteiger partial charge in [-0.2, -0.15) is 0 Å². The molecule has 3 N–H and O–H groups in total. The van der Waals surface area contributed by atoms with Crippen molar-refractivity contribution in [3.63, 3.8) is 0 Å². The van der Waals surface area contributed by atoms with Crippen LogP contribution in [0, 0.1) is 0 Å². The molecule has 0 aliphatic rings. The molecule has 4 heteroatoms. The third-order valence-electron chi connectivity index (χ3n) is 3.15. The molecule has 1 rings (SSSR count). The summed E-state index contributed by atoms with van der Waals surface area (Å²) >= 11 is 0. The largest absolute Gasteiger partial charge is 0.481 e. The van der Waals surface area contributed by atoms with E-state index in [1.807, 2.05) is 31.2 Å². The van der Waals surface area contributed by atoms with Gasteiger partial charge in [-0.1, -0.05) is 32.9 Å². The number of amides is 1. The predicted molar refractivity (Wildman–Crippen MR) is 72.2 cm³/mol. The molecular weight excluding hydrogens is 228 g/mol. The van der Waals surface area contributed by atoms with E-state index in [0.717, 1.165) is 6.42 Å². The molecule has 100 valence electrons. The molecule has 1 aromatic carbocycles. The average Bonchev–Trinajstić information content (AvgIpc) is 2.43. The summed E-state index contributed by atoms with van der Waals surface area (Å²) in [4.78, 5) is 11.4. The standard InChI is InChI=1S/C14H22N2O2/c1-4-10(3)11-6-8-12(9-7-11)18-13(5-2)14(17)16-15/h6-10,13H,4-5,15H2,1-3H3,(H,16,17). The fraction of sp³-hybridized carbons (Fsp3) is 0.500. The van der Waals surface area contributed by atoms with Gasteiger partial charge in [-0.15, -0.1) is 0 Å². The molecule has 4 nitrogen and oxygen atoms in total. The van der Waals surface area contributed by atoms with Crippen molar-refractivity contribution >= 4 is 5.91 Å². The molecule has 0 saturated heterocycles. The van der Waals surface area contributed by atoms with Crippen LogP contribution in [0.15, 0.2) is 24.3 Å². The molecule has 0 fully saturated rings. The van der Waals surface area contributed by atoms with Gasteiger partial charge in [0.25, 0.3) is 5.91 Å². The van der Waals surface area contributed by atoms with Crippen molar-refractivity contribution in [3.05, 3.63) is 29.8 Å². The maximum atomic E-state index is 11.4. The minimum absolute atomic E-state index is 0.302. The summed E-state index contributed by atoms with van der Waals surface area (Å²) in [6, 6.07) is 7.87. The summed E-state index contributed by atoms with van der Waals surface area (Å²) in [6.45, 7) is 6.23. The Bertz CT molecular complexity index is 376. The molecule has 2 unspecified atom stereocenters.